The normalized spacial score (nSPS) is 15.1. The number of pyridine rings is 1. The number of fused-ring (bicyclic) bond motifs is 2. The smallest absolute Gasteiger partial charge is 0.0915 e. The van der Waals surface area contributed by atoms with Gasteiger partial charge < -0.3 is 10.4 Å². The summed E-state index contributed by atoms with van der Waals surface area (Å²) >= 11 is 0. The van der Waals surface area contributed by atoms with Crippen LogP contribution in [0, 0.1) is 0 Å². The van der Waals surface area contributed by atoms with Crippen LogP contribution in [0.5, 0.6) is 0 Å². The monoisotopic (exact) mass is 330 g/mol. The van der Waals surface area contributed by atoms with Crippen LogP contribution < -0.4 is 5.32 Å². The molecule has 25 heavy (non-hydrogen) atoms. The largest absolute Gasteiger partial charge is 0.387 e. The Labute approximate surface area is 148 Å². The van der Waals surface area contributed by atoms with Gasteiger partial charge in [-0.25, -0.2) is 0 Å². The second-order valence-corrected chi connectivity index (χ2v) is 6.54. The van der Waals surface area contributed by atoms with Crippen LogP contribution in [0.1, 0.15) is 40.0 Å². The number of benzene rings is 2. The van der Waals surface area contributed by atoms with Gasteiger partial charge in [0.15, 0.2) is 0 Å². The van der Waals surface area contributed by atoms with Crippen molar-refractivity contribution >= 4 is 0 Å². The van der Waals surface area contributed by atoms with Crippen LogP contribution in [0.25, 0.3) is 0 Å². The first-order valence-corrected chi connectivity index (χ1v) is 8.80. The summed E-state index contributed by atoms with van der Waals surface area (Å²) in [5.41, 5.74) is 6.28. The minimum Gasteiger partial charge on any atom is -0.387 e. The van der Waals surface area contributed by atoms with Gasteiger partial charge in [-0.1, -0.05) is 48.5 Å². The average Bonchev–Trinajstić information content (AvgIpc) is 2.84. The van der Waals surface area contributed by atoms with Crippen LogP contribution in [0.4, 0.5) is 0 Å². The second kappa shape index (κ2) is 7.18. The molecule has 1 aromatic heterocycles. The zero-order valence-corrected chi connectivity index (χ0v) is 14.1. The van der Waals surface area contributed by atoms with E-state index in [0.29, 0.717) is 6.54 Å². The minimum absolute atomic E-state index is 0.103. The van der Waals surface area contributed by atoms with E-state index in [2.05, 4.69) is 58.8 Å². The Hall–Kier alpha value is -2.49. The summed E-state index contributed by atoms with van der Waals surface area (Å²) in [6.45, 7) is 0.497. The van der Waals surface area contributed by atoms with Crippen LogP contribution in [0.3, 0.4) is 0 Å². The molecular weight excluding hydrogens is 308 g/mol. The predicted molar refractivity (Wildman–Crippen MR) is 99.3 cm³/mol. The van der Waals surface area contributed by atoms with E-state index in [1.807, 2.05) is 12.1 Å². The SMILES string of the molecule is OC(CNC1c2ccccc2CCc2ccccc21)c1ccncc1. The number of rotatable bonds is 4. The highest BCUT2D eigenvalue weighted by Gasteiger charge is 2.23. The number of aliphatic hydroxyl groups excluding tert-OH is 1. The highest BCUT2D eigenvalue weighted by Crippen LogP contribution is 2.32. The van der Waals surface area contributed by atoms with E-state index >= 15 is 0 Å². The van der Waals surface area contributed by atoms with Gasteiger partial charge in [0.05, 0.1) is 12.1 Å². The molecule has 1 aliphatic rings. The molecule has 3 nitrogen and oxygen atoms in total. The molecule has 2 aromatic carbocycles. The van der Waals surface area contributed by atoms with Crippen molar-refractivity contribution in [1.82, 2.24) is 10.3 Å². The first-order chi connectivity index (χ1) is 12.3. The van der Waals surface area contributed by atoms with Gasteiger partial charge in [-0.3, -0.25) is 4.98 Å². The van der Waals surface area contributed by atoms with Crippen molar-refractivity contribution in [1.29, 1.82) is 0 Å². The summed E-state index contributed by atoms with van der Waals surface area (Å²) in [6.07, 6.45) is 4.99. The molecular formula is C22H22N2O. The molecule has 0 fully saturated rings. The maximum atomic E-state index is 10.5. The van der Waals surface area contributed by atoms with Crippen molar-refractivity contribution in [3.8, 4) is 0 Å². The molecule has 0 amide bonds. The molecule has 0 aliphatic heterocycles. The van der Waals surface area contributed by atoms with E-state index < -0.39 is 6.10 Å². The van der Waals surface area contributed by atoms with Crippen LogP contribution in [-0.2, 0) is 12.8 Å². The van der Waals surface area contributed by atoms with Crippen molar-refractivity contribution in [2.45, 2.75) is 25.0 Å². The molecule has 4 rings (SSSR count). The number of hydrogen-bond acceptors (Lipinski definition) is 3. The Kier molecular flexibility index (Phi) is 4.59. The number of aromatic nitrogens is 1. The predicted octanol–water partition coefficient (Wildman–Crippen LogP) is 3.59. The van der Waals surface area contributed by atoms with Crippen LogP contribution >= 0.6 is 0 Å². The summed E-state index contributed by atoms with van der Waals surface area (Å²) in [4.78, 5) is 4.02. The fourth-order valence-electron chi connectivity index (χ4n) is 3.68. The number of aryl methyl sites for hydroxylation is 2. The molecule has 1 heterocycles. The molecule has 0 saturated carbocycles. The van der Waals surface area contributed by atoms with Crippen molar-refractivity contribution in [3.63, 3.8) is 0 Å². The Bertz CT molecular complexity index is 800. The summed E-state index contributed by atoms with van der Waals surface area (Å²) in [7, 11) is 0. The summed E-state index contributed by atoms with van der Waals surface area (Å²) in [5, 5.41) is 14.1. The highest BCUT2D eigenvalue weighted by molar-refractivity contribution is 5.44. The molecule has 0 bridgehead atoms. The van der Waals surface area contributed by atoms with Crippen LogP contribution in [0.15, 0.2) is 73.1 Å². The third kappa shape index (κ3) is 3.34. The van der Waals surface area contributed by atoms with Gasteiger partial charge in [0.25, 0.3) is 0 Å². The second-order valence-electron chi connectivity index (χ2n) is 6.54. The van der Waals surface area contributed by atoms with E-state index in [9.17, 15) is 5.11 Å². The van der Waals surface area contributed by atoms with Crippen LogP contribution in [-0.4, -0.2) is 16.6 Å². The van der Waals surface area contributed by atoms with Gasteiger partial charge >= 0.3 is 0 Å². The van der Waals surface area contributed by atoms with E-state index in [0.717, 1.165) is 18.4 Å². The maximum Gasteiger partial charge on any atom is 0.0915 e. The topological polar surface area (TPSA) is 45.1 Å². The van der Waals surface area contributed by atoms with Crippen molar-refractivity contribution in [3.05, 3.63) is 101 Å². The van der Waals surface area contributed by atoms with Gasteiger partial charge in [0, 0.05) is 18.9 Å². The van der Waals surface area contributed by atoms with E-state index in [1.54, 1.807) is 12.4 Å². The molecule has 1 aliphatic carbocycles. The van der Waals surface area contributed by atoms with Crippen molar-refractivity contribution < 1.29 is 5.11 Å². The van der Waals surface area contributed by atoms with Gasteiger partial charge in [0.1, 0.15) is 0 Å². The lowest BCUT2D eigenvalue weighted by atomic mass is 9.94. The van der Waals surface area contributed by atoms with E-state index in [1.165, 1.54) is 22.3 Å². The lowest BCUT2D eigenvalue weighted by molar-refractivity contribution is 0.171. The molecule has 0 saturated heterocycles. The first kappa shape index (κ1) is 16.0. The Morgan fingerprint density at radius 1 is 0.880 bits per heavy atom. The van der Waals surface area contributed by atoms with Crippen LogP contribution in [0.2, 0.25) is 0 Å². The molecule has 1 atom stereocenters. The molecule has 3 heteroatoms. The number of nitrogens with one attached hydrogen (secondary N) is 1. The quantitative estimate of drug-likeness (QED) is 0.768. The first-order valence-electron chi connectivity index (χ1n) is 8.80. The number of nitrogens with zero attached hydrogens (tertiary/aromatic N) is 1. The third-order valence-electron chi connectivity index (χ3n) is 5.00. The zero-order valence-electron chi connectivity index (χ0n) is 14.1. The number of aliphatic hydroxyl groups is 1. The van der Waals surface area contributed by atoms with E-state index in [4.69, 9.17) is 0 Å². The molecule has 1 unspecified atom stereocenters. The number of hydrogen-bond donors (Lipinski definition) is 2. The molecule has 0 radical (unpaired) electrons. The Morgan fingerprint density at radius 3 is 2.04 bits per heavy atom. The van der Waals surface area contributed by atoms with Gasteiger partial charge in [-0.15, -0.1) is 0 Å². The van der Waals surface area contributed by atoms with Gasteiger partial charge in [0.2, 0.25) is 0 Å². The Balaban J connectivity index is 1.64. The molecule has 0 spiro atoms. The highest BCUT2D eigenvalue weighted by atomic mass is 16.3. The fraction of sp³-hybridized carbons (Fsp3) is 0.227. The lowest BCUT2D eigenvalue weighted by Gasteiger charge is -2.23. The molecule has 2 N–H and O–H groups in total. The van der Waals surface area contributed by atoms with Crippen molar-refractivity contribution in [2.24, 2.45) is 0 Å². The zero-order chi connectivity index (χ0) is 17.1. The van der Waals surface area contributed by atoms with Gasteiger partial charge in [-0.2, -0.15) is 0 Å². The Morgan fingerprint density at radius 2 is 1.44 bits per heavy atom. The summed E-state index contributed by atoms with van der Waals surface area (Å²) in [6, 6.07) is 21.1. The molecule has 3 aromatic rings. The van der Waals surface area contributed by atoms with E-state index in [-0.39, 0.29) is 6.04 Å². The average molecular weight is 330 g/mol. The lowest BCUT2D eigenvalue weighted by Crippen LogP contribution is -2.28. The van der Waals surface area contributed by atoms with Crippen molar-refractivity contribution in [2.75, 3.05) is 6.54 Å². The van der Waals surface area contributed by atoms with Gasteiger partial charge in [-0.05, 0) is 52.8 Å². The minimum atomic E-state index is -0.550. The fourth-order valence-corrected chi connectivity index (χ4v) is 3.68. The standard InChI is InChI=1S/C22H22N2O/c25-21(18-11-13-23-14-12-18)15-24-22-19-7-3-1-5-16(19)9-10-17-6-2-4-8-20(17)22/h1-8,11-14,21-22,24-25H,9-10,15H2. The summed E-state index contributed by atoms with van der Waals surface area (Å²) < 4.78 is 0. The molecule has 126 valence electrons. The maximum absolute atomic E-state index is 10.5. The summed E-state index contributed by atoms with van der Waals surface area (Å²) in [5.74, 6) is 0. The third-order valence-corrected chi connectivity index (χ3v) is 5.00.